The van der Waals surface area contributed by atoms with Crippen molar-refractivity contribution in [3.05, 3.63) is 106 Å². The summed E-state index contributed by atoms with van der Waals surface area (Å²) >= 11 is 6.58. The van der Waals surface area contributed by atoms with E-state index in [2.05, 4.69) is 10.2 Å². The highest BCUT2D eigenvalue weighted by Gasteiger charge is 2.42. The molecule has 7 heteroatoms. The lowest BCUT2D eigenvalue weighted by atomic mass is 9.95. The fourth-order valence-corrected chi connectivity index (χ4v) is 4.37. The normalized spacial score (nSPS) is 15.2. The second kappa shape index (κ2) is 8.13. The maximum Gasteiger partial charge on any atom is 0.273 e. The number of nitrogens with zero attached hydrogens (tertiary/aromatic N) is 2. The quantitative estimate of drug-likeness (QED) is 0.431. The van der Waals surface area contributed by atoms with Gasteiger partial charge in [0.15, 0.2) is 0 Å². The molecule has 3 aromatic carbocycles. The molecular formula is C25H19ClFN3O2. The molecule has 5 rings (SSSR count). The number of H-pyrrole nitrogens is 1. The molecule has 32 heavy (non-hydrogen) atoms. The predicted octanol–water partition coefficient (Wildman–Crippen LogP) is 5.62. The van der Waals surface area contributed by atoms with Crippen molar-refractivity contribution >= 4 is 17.5 Å². The molecule has 160 valence electrons. The lowest BCUT2D eigenvalue weighted by Gasteiger charge is -2.27. The topological polar surface area (TPSA) is 58.2 Å². The zero-order valence-corrected chi connectivity index (χ0v) is 17.9. The average Bonchev–Trinajstić information content (AvgIpc) is 3.35. The smallest absolute Gasteiger partial charge is 0.273 e. The molecule has 1 N–H and O–H groups in total. The van der Waals surface area contributed by atoms with Crippen LogP contribution in [0.2, 0.25) is 5.02 Å². The number of benzene rings is 3. The minimum absolute atomic E-state index is 0.179. The van der Waals surface area contributed by atoms with Crippen molar-refractivity contribution in [2.45, 2.75) is 12.6 Å². The third-order valence-corrected chi connectivity index (χ3v) is 6.04. The Morgan fingerprint density at radius 3 is 2.47 bits per heavy atom. The summed E-state index contributed by atoms with van der Waals surface area (Å²) in [6.45, 7) is 0.305. The summed E-state index contributed by atoms with van der Waals surface area (Å²) < 4.78 is 18.7. The molecule has 0 saturated carbocycles. The van der Waals surface area contributed by atoms with E-state index < -0.39 is 6.04 Å². The molecule has 2 heterocycles. The van der Waals surface area contributed by atoms with E-state index >= 15 is 0 Å². The van der Waals surface area contributed by atoms with Gasteiger partial charge in [0.25, 0.3) is 5.91 Å². The number of fused-ring (bicyclic) bond motifs is 1. The molecule has 1 aromatic heterocycles. The molecule has 1 unspecified atom stereocenters. The number of nitrogens with one attached hydrogen (secondary N) is 1. The fraction of sp³-hybridized carbons (Fsp3) is 0.120. The van der Waals surface area contributed by atoms with Gasteiger partial charge in [-0.2, -0.15) is 5.10 Å². The van der Waals surface area contributed by atoms with Crippen molar-refractivity contribution in [2.75, 3.05) is 7.11 Å². The number of rotatable bonds is 5. The van der Waals surface area contributed by atoms with Gasteiger partial charge in [-0.3, -0.25) is 9.89 Å². The van der Waals surface area contributed by atoms with Gasteiger partial charge in [0.1, 0.15) is 17.3 Å². The van der Waals surface area contributed by atoms with Crippen molar-refractivity contribution in [1.29, 1.82) is 0 Å². The van der Waals surface area contributed by atoms with Crippen molar-refractivity contribution in [1.82, 2.24) is 15.1 Å². The first-order valence-electron chi connectivity index (χ1n) is 10.1. The van der Waals surface area contributed by atoms with Crippen LogP contribution in [0.1, 0.15) is 33.2 Å². The van der Waals surface area contributed by atoms with Crippen molar-refractivity contribution in [2.24, 2.45) is 0 Å². The number of methoxy groups -OCH3 is 1. The van der Waals surface area contributed by atoms with E-state index in [1.165, 1.54) is 12.1 Å². The number of carbonyl (C=O) groups excluding carboxylic acids is 1. The number of ether oxygens (including phenoxy) is 1. The molecular weight excluding hydrogens is 429 g/mol. The summed E-state index contributed by atoms with van der Waals surface area (Å²) in [4.78, 5) is 15.2. The summed E-state index contributed by atoms with van der Waals surface area (Å²) in [6.07, 6.45) is 0. The molecule has 0 radical (unpaired) electrons. The van der Waals surface area contributed by atoms with E-state index in [1.54, 1.807) is 24.1 Å². The first-order valence-corrected chi connectivity index (χ1v) is 10.5. The molecule has 0 bridgehead atoms. The van der Waals surface area contributed by atoms with E-state index in [4.69, 9.17) is 16.3 Å². The largest absolute Gasteiger partial charge is 0.497 e. The highest BCUT2D eigenvalue weighted by Crippen LogP contribution is 2.45. The Balaban J connectivity index is 1.63. The second-order valence-electron chi connectivity index (χ2n) is 7.57. The zero-order chi connectivity index (χ0) is 22.2. The molecule has 5 nitrogen and oxygen atoms in total. The monoisotopic (exact) mass is 447 g/mol. The van der Waals surface area contributed by atoms with Gasteiger partial charge in [0.2, 0.25) is 0 Å². The molecule has 1 aliphatic rings. The SMILES string of the molecule is COc1ccc(-c2n[nH]c3c2C(c2ccccc2Cl)N(Cc2ccc(F)cc2)C3=O)cc1. The van der Waals surface area contributed by atoms with E-state index in [0.717, 1.165) is 28.0 Å². The molecule has 1 aliphatic heterocycles. The molecule has 0 spiro atoms. The number of halogens is 2. The Labute approximate surface area is 189 Å². The lowest BCUT2D eigenvalue weighted by molar-refractivity contribution is 0.0730. The van der Waals surface area contributed by atoms with Crippen LogP contribution in [-0.2, 0) is 6.54 Å². The van der Waals surface area contributed by atoms with Gasteiger partial charge < -0.3 is 9.64 Å². The van der Waals surface area contributed by atoms with Gasteiger partial charge in [-0.15, -0.1) is 0 Å². The van der Waals surface area contributed by atoms with Gasteiger partial charge >= 0.3 is 0 Å². The van der Waals surface area contributed by atoms with Gasteiger partial charge in [-0.25, -0.2) is 4.39 Å². The highest BCUT2D eigenvalue weighted by molar-refractivity contribution is 6.31. The Hall–Kier alpha value is -3.64. The highest BCUT2D eigenvalue weighted by atomic mass is 35.5. The van der Waals surface area contributed by atoms with Crippen LogP contribution in [0.4, 0.5) is 4.39 Å². The van der Waals surface area contributed by atoms with Crippen LogP contribution in [0.5, 0.6) is 5.75 Å². The van der Waals surface area contributed by atoms with Crippen molar-refractivity contribution < 1.29 is 13.9 Å². The van der Waals surface area contributed by atoms with E-state index in [9.17, 15) is 9.18 Å². The molecule has 0 aliphatic carbocycles. The van der Waals surface area contributed by atoms with E-state index in [0.29, 0.717) is 23.0 Å². The Bertz CT molecular complexity index is 1290. The molecule has 0 saturated heterocycles. The summed E-state index contributed by atoms with van der Waals surface area (Å²) in [5.41, 5.74) is 4.37. The number of hydrogen-bond donors (Lipinski definition) is 1. The maximum absolute atomic E-state index is 13.4. The van der Waals surface area contributed by atoms with Gasteiger partial charge in [0, 0.05) is 22.7 Å². The number of amides is 1. The van der Waals surface area contributed by atoms with Crippen molar-refractivity contribution in [3.63, 3.8) is 0 Å². The van der Waals surface area contributed by atoms with Crippen LogP contribution in [0.25, 0.3) is 11.3 Å². The predicted molar refractivity (Wildman–Crippen MR) is 120 cm³/mol. The molecule has 4 aromatic rings. The standard InChI is InChI=1S/C25H19ClFN3O2/c1-32-18-12-8-16(9-13-18)22-21-23(29-28-22)25(31)30(14-15-6-10-17(27)11-7-15)24(21)19-4-2-3-5-20(19)26/h2-13,24H,14H2,1H3,(H,28,29). The van der Waals surface area contributed by atoms with Crippen molar-refractivity contribution in [3.8, 4) is 17.0 Å². The fourth-order valence-electron chi connectivity index (χ4n) is 4.14. The first kappa shape index (κ1) is 20.3. The van der Waals surface area contributed by atoms with Crippen LogP contribution in [0.15, 0.2) is 72.8 Å². The molecule has 1 amide bonds. The van der Waals surface area contributed by atoms with Gasteiger partial charge in [0.05, 0.1) is 18.8 Å². The number of aromatic amines is 1. The minimum Gasteiger partial charge on any atom is -0.497 e. The van der Waals surface area contributed by atoms with Crippen LogP contribution in [0, 0.1) is 5.82 Å². The summed E-state index contributed by atoms with van der Waals surface area (Å²) in [6, 6.07) is 20.7. The first-order chi connectivity index (χ1) is 15.6. The van der Waals surface area contributed by atoms with E-state index in [1.807, 2.05) is 48.5 Å². The Morgan fingerprint density at radius 1 is 1.06 bits per heavy atom. The lowest BCUT2D eigenvalue weighted by Crippen LogP contribution is -2.29. The summed E-state index contributed by atoms with van der Waals surface area (Å²) in [5, 5.41) is 7.96. The van der Waals surface area contributed by atoms with Crippen LogP contribution in [-0.4, -0.2) is 28.1 Å². The summed E-state index contributed by atoms with van der Waals surface area (Å²) in [7, 11) is 1.61. The third kappa shape index (κ3) is 3.42. The number of carbonyl (C=O) groups is 1. The zero-order valence-electron chi connectivity index (χ0n) is 17.2. The second-order valence-corrected chi connectivity index (χ2v) is 7.98. The summed E-state index contributed by atoms with van der Waals surface area (Å²) in [5.74, 6) is 0.236. The van der Waals surface area contributed by atoms with Crippen LogP contribution in [0.3, 0.4) is 0 Å². The molecule has 1 atom stereocenters. The number of aromatic nitrogens is 2. The Morgan fingerprint density at radius 2 is 1.78 bits per heavy atom. The van der Waals surface area contributed by atoms with Crippen LogP contribution >= 0.6 is 11.6 Å². The molecule has 0 fully saturated rings. The van der Waals surface area contributed by atoms with Gasteiger partial charge in [-0.1, -0.05) is 41.9 Å². The third-order valence-electron chi connectivity index (χ3n) is 5.69. The minimum atomic E-state index is -0.438. The average molecular weight is 448 g/mol. The van der Waals surface area contributed by atoms with E-state index in [-0.39, 0.29) is 11.7 Å². The van der Waals surface area contributed by atoms with Gasteiger partial charge in [-0.05, 0) is 53.6 Å². The number of hydrogen-bond acceptors (Lipinski definition) is 3. The van der Waals surface area contributed by atoms with Crippen LogP contribution < -0.4 is 4.74 Å². The Kier molecular flexibility index (Phi) is 5.15. The maximum atomic E-state index is 13.4.